The van der Waals surface area contributed by atoms with E-state index in [1.807, 2.05) is 24.3 Å². The lowest BCUT2D eigenvalue weighted by molar-refractivity contribution is -0.121. The maximum absolute atomic E-state index is 12.8. The predicted octanol–water partition coefficient (Wildman–Crippen LogP) is 2.39. The largest absolute Gasteiger partial charge is 0.491 e. The number of hydrogen-bond acceptors (Lipinski definition) is 6. The summed E-state index contributed by atoms with van der Waals surface area (Å²) in [6.45, 7) is 5.63. The zero-order valence-corrected chi connectivity index (χ0v) is 19.9. The van der Waals surface area contributed by atoms with E-state index < -0.39 is 21.5 Å². The molecule has 0 aromatic heterocycles. The molecule has 1 saturated carbocycles. The lowest BCUT2D eigenvalue weighted by Crippen LogP contribution is -2.33. The molecule has 1 aromatic rings. The van der Waals surface area contributed by atoms with Crippen molar-refractivity contribution in [1.82, 2.24) is 10.2 Å². The highest BCUT2D eigenvalue weighted by atomic mass is 32.2. The van der Waals surface area contributed by atoms with E-state index in [9.17, 15) is 23.1 Å². The second-order valence-electron chi connectivity index (χ2n) is 9.73. The number of hydrogen-bond donors (Lipinski definition) is 2. The van der Waals surface area contributed by atoms with Crippen LogP contribution in [0.15, 0.2) is 24.3 Å². The van der Waals surface area contributed by atoms with Crippen LogP contribution in [0.5, 0.6) is 5.75 Å². The Morgan fingerprint density at radius 2 is 1.94 bits per heavy atom. The molecule has 0 bridgehead atoms. The van der Waals surface area contributed by atoms with E-state index in [-0.39, 0.29) is 35.5 Å². The van der Waals surface area contributed by atoms with Crippen LogP contribution in [0.4, 0.5) is 4.79 Å². The van der Waals surface area contributed by atoms with Crippen molar-refractivity contribution in [3.8, 4) is 5.75 Å². The molecule has 32 heavy (non-hydrogen) atoms. The Balaban J connectivity index is 1.47. The van der Waals surface area contributed by atoms with Crippen molar-refractivity contribution in [2.24, 2.45) is 0 Å². The van der Waals surface area contributed by atoms with Crippen molar-refractivity contribution >= 4 is 21.8 Å². The zero-order chi connectivity index (χ0) is 23.6. The van der Waals surface area contributed by atoms with E-state index in [4.69, 9.17) is 4.74 Å². The first-order valence-corrected chi connectivity index (χ1v) is 13.0. The summed E-state index contributed by atoms with van der Waals surface area (Å²) in [6.07, 6.45) is 3.53. The van der Waals surface area contributed by atoms with Crippen LogP contribution in [-0.4, -0.2) is 66.7 Å². The van der Waals surface area contributed by atoms with Gasteiger partial charge >= 0.3 is 6.03 Å². The molecule has 9 heteroatoms. The van der Waals surface area contributed by atoms with Gasteiger partial charge in [0, 0.05) is 12.0 Å². The average Bonchev–Trinajstić information content (AvgIpc) is 3.43. The third kappa shape index (κ3) is 6.45. The van der Waals surface area contributed by atoms with Crippen molar-refractivity contribution in [2.45, 2.75) is 69.9 Å². The standard InChI is InChI=1S/C23H34N2O6S/c1-17-20(26)24-21(27)25(17)12-5-4-6-13-32(29,30)16-23(10-11-23)18-8-7-9-19(14-18)31-15-22(2,3)28/h7-9,14,17,28H,4-6,10-13,15-16H2,1-3H3,(H,24,26,27)/t17-/m0/s1. The normalized spacial score (nSPS) is 20.4. The zero-order valence-electron chi connectivity index (χ0n) is 19.1. The Hall–Kier alpha value is -2.13. The average molecular weight is 467 g/mol. The molecule has 2 aliphatic rings. The van der Waals surface area contributed by atoms with E-state index in [1.165, 1.54) is 4.90 Å². The van der Waals surface area contributed by atoms with Gasteiger partial charge in [-0.05, 0) is 64.2 Å². The van der Waals surface area contributed by atoms with Crippen LogP contribution in [0.2, 0.25) is 0 Å². The number of carbonyl (C=O) groups is 2. The second kappa shape index (κ2) is 9.39. The molecule has 2 N–H and O–H groups in total. The first kappa shape index (κ1) is 24.5. The summed E-state index contributed by atoms with van der Waals surface area (Å²) in [5, 5.41) is 12.1. The number of rotatable bonds is 12. The van der Waals surface area contributed by atoms with E-state index >= 15 is 0 Å². The molecule has 0 spiro atoms. The summed E-state index contributed by atoms with van der Waals surface area (Å²) in [5.74, 6) is 0.577. The lowest BCUT2D eigenvalue weighted by Gasteiger charge is -2.20. The van der Waals surface area contributed by atoms with Crippen LogP contribution in [0.1, 0.15) is 58.4 Å². The fourth-order valence-electron chi connectivity index (χ4n) is 4.01. The maximum Gasteiger partial charge on any atom is 0.324 e. The Kier molecular flexibility index (Phi) is 7.19. The summed E-state index contributed by atoms with van der Waals surface area (Å²) in [5.41, 5.74) is -0.327. The van der Waals surface area contributed by atoms with Gasteiger partial charge in [-0.1, -0.05) is 18.6 Å². The smallest absolute Gasteiger partial charge is 0.324 e. The molecule has 1 aliphatic carbocycles. The van der Waals surface area contributed by atoms with Crippen LogP contribution in [0.25, 0.3) is 0 Å². The first-order chi connectivity index (χ1) is 14.9. The van der Waals surface area contributed by atoms with E-state index in [2.05, 4.69) is 5.32 Å². The fourth-order valence-corrected chi connectivity index (χ4v) is 6.10. The van der Waals surface area contributed by atoms with Crippen molar-refractivity contribution in [2.75, 3.05) is 24.7 Å². The van der Waals surface area contributed by atoms with E-state index in [1.54, 1.807) is 20.8 Å². The van der Waals surface area contributed by atoms with Crippen LogP contribution in [0.3, 0.4) is 0 Å². The third-order valence-electron chi connectivity index (χ3n) is 6.08. The number of aliphatic hydroxyl groups is 1. The number of unbranched alkanes of at least 4 members (excludes halogenated alkanes) is 2. The fraction of sp³-hybridized carbons (Fsp3) is 0.652. The van der Waals surface area contributed by atoms with Gasteiger partial charge in [0.2, 0.25) is 0 Å². The molecule has 8 nitrogen and oxygen atoms in total. The van der Waals surface area contributed by atoms with Crippen molar-refractivity contribution < 1.29 is 27.9 Å². The highest BCUT2D eigenvalue weighted by molar-refractivity contribution is 7.91. The molecule has 1 saturated heterocycles. The number of nitrogens with zero attached hydrogens (tertiary/aromatic N) is 1. The lowest BCUT2D eigenvalue weighted by atomic mass is 9.98. The molecule has 0 unspecified atom stereocenters. The van der Waals surface area contributed by atoms with Gasteiger partial charge in [0.15, 0.2) is 9.84 Å². The van der Waals surface area contributed by atoms with Gasteiger partial charge in [0.25, 0.3) is 5.91 Å². The Morgan fingerprint density at radius 1 is 1.22 bits per heavy atom. The molecule has 1 atom stereocenters. The van der Waals surface area contributed by atoms with Gasteiger partial charge in [-0.15, -0.1) is 0 Å². The van der Waals surface area contributed by atoms with Gasteiger partial charge in [-0.2, -0.15) is 0 Å². The minimum Gasteiger partial charge on any atom is -0.491 e. The molecule has 0 radical (unpaired) electrons. The minimum absolute atomic E-state index is 0.115. The number of imide groups is 1. The number of sulfone groups is 1. The predicted molar refractivity (Wildman–Crippen MR) is 121 cm³/mol. The third-order valence-corrected chi connectivity index (χ3v) is 7.98. The van der Waals surface area contributed by atoms with Gasteiger partial charge < -0.3 is 14.7 Å². The molecular weight excluding hydrogens is 432 g/mol. The SMILES string of the molecule is C[C@H]1C(=O)NC(=O)N1CCCCCS(=O)(=O)CC1(c2cccc(OCC(C)(C)O)c2)CC1. The molecule has 178 valence electrons. The van der Waals surface area contributed by atoms with Gasteiger partial charge in [-0.25, -0.2) is 13.2 Å². The number of ether oxygens (including phenoxy) is 1. The van der Waals surface area contributed by atoms with Crippen LogP contribution in [-0.2, 0) is 20.0 Å². The van der Waals surface area contributed by atoms with Gasteiger partial charge in [0.1, 0.15) is 18.4 Å². The number of amides is 3. The second-order valence-corrected chi connectivity index (χ2v) is 11.9. The number of benzene rings is 1. The molecule has 3 amide bonds. The number of carbonyl (C=O) groups excluding carboxylic acids is 2. The summed E-state index contributed by atoms with van der Waals surface area (Å²) in [6, 6.07) is 6.67. The highest BCUT2D eigenvalue weighted by Crippen LogP contribution is 2.50. The quantitative estimate of drug-likeness (QED) is 0.361. The molecule has 1 aliphatic heterocycles. The topological polar surface area (TPSA) is 113 Å². The molecule has 1 aromatic carbocycles. The molecular formula is C23H34N2O6S. The Labute approximate surface area is 190 Å². The number of nitrogens with one attached hydrogen (secondary N) is 1. The van der Waals surface area contributed by atoms with Crippen molar-refractivity contribution in [3.05, 3.63) is 29.8 Å². The maximum atomic E-state index is 12.8. The summed E-state index contributed by atoms with van der Waals surface area (Å²) >= 11 is 0. The van der Waals surface area contributed by atoms with Crippen LogP contribution in [0, 0.1) is 0 Å². The summed E-state index contributed by atoms with van der Waals surface area (Å²) < 4.78 is 31.2. The minimum atomic E-state index is -3.23. The van der Waals surface area contributed by atoms with Crippen LogP contribution < -0.4 is 10.1 Å². The van der Waals surface area contributed by atoms with E-state index in [0.717, 1.165) is 18.4 Å². The molecule has 1 heterocycles. The van der Waals surface area contributed by atoms with Crippen molar-refractivity contribution in [1.29, 1.82) is 0 Å². The number of urea groups is 1. The molecule has 3 rings (SSSR count). The first-order valence-electron chi connectivity index (χ1n) is 11.2. The van der Waals surface area contributed by atoms with Gasteiger partial charge in [-0.3, -0.25) is 10.1 Å². The summed E-state index contributed by atoms with van der Waals surface area (Å²) in [4.78, 5) is 24.7. The summed E-state index contributed by atoms with van der Waals surface area (Å²) in [7, 11) is -3.23. The molecule has 2 fully saturated rings. The van der Waals surface area contributed by atoms with Crippen LogP contribution >= 0.6 is 0 Å². The highest BCUT2D eigenvalue weighted by Gasteiger charge is 2.47. The van der Waals surface area contributed by atoms with E-state index in [0.29, 0.717) is 31.6 Å². The van der Waals surface area contributed by atoms with Gasteiger partial charge in [0.05, 0.1) is 17.1 Å². The Morgan fingerprint density at radius 3 is 2.53 bits per heavy atom. The Bertz CT molecular complexity index is 949. The monoisotopic (exact) mass is 466 g/mol. The van der Waals surface area contributed by atoms with Crippen molar-refractivity contribution in [3.63, 3.8) is 0 Å².